The van der Waals surface area contributed by atoms with Gasteiger partial charge < -0.3 is 10.1 Å². The van der Waals surface area contributed by atoms with Crippen molar-refractivity contribution in [2.75, 3.05) is 12.4 Å². The number of nitrogens with one attached hydrogen (secondary N) is 1. The van der Waals surface area contributed by atoms with Crippen LogP contribution in [0.3, 0.4) is 0 Å². The van der Waals surface area contributed by atoms with Crippen molar-refractivity contribution >= 4 is 17.4 Å². The van der Waals surface area contributed by atoms with Crippen LogP contribution in [-0.2, 0) is 0 Å². The maximum absolute atomic E-state index is 6.00. The second kappa shape index (κ2) is 6.57. The van der Waals surface area contributed by atoms with Gasteiger partial charge in [0.2, 0.25) is 5.28 Å². The Kier molecular flexibility index (Phi) is 4.79. The van der Waals surface area contributed by atoms with Crippen molar-refractivity contribution in [1.82, 2.24) is 9.97 Å². The fraction of sp³-hybridized carbons (Fsp3) is 0.333. The first-order chi connectivity index (χ1) is 9.62. The molecule has 1 atom stereocenters. The SMILES string of the molecule is CCC(C)Nc1cc(-c2ccc(OC)cc2)nc(Cl)n1. The van der Waals surface area contributed by atoms with Crippen molar-refractivity contribution < 1.29 is 4.74 Å². The molecule has 1 aromatic carbocycles. The van der Waals surface area contributed by atoms with Crippen LogP contribution >= 0.6 is 11.6 Å². The Hall–Kier alpha value is -1.81. The highest BCUT2D eigenvalue weighted by atomic mass is 35.5. The molecule has 1 N–H and O–H groups in total. The summed E-state index contributed by atoms with van der Waals surface area (Å²) in [4.78, 5) is 8.47. The lowest BCUT2D eigenvalue weighted by Gasteiger charge is -2.13. The van der Waals surface area contributed by atoms with Crippen molar-refractivity contribution in [3.05, 3.63) is 35.6 Å². The molecule has 0 saturated carbocycles. The van der Waals surface area contributed by atoms with Crippen LogP contribution in [-0.4, -0.2) is 23.1 Å². The zero-order valence-corrected chi connectivity index (χ0v) is 12.6. The maximum atomic E-state index is 6.00. The minimum Gasteiger partial charge on any atom is -0.497 e. The third-order valence-corrected chi connectivity index (χ3v) is 3.26. The lowest BCUT2D eigenvalue weighted by molar-refractivity contribution is 0.415. The lowest BCUT2D eigenvalue weighted by Crippen LogP contribution is -2.14. The summed E-state index contributed by atoms with van der Waals surface area (Å²) in [5.41, 5.74) is 1.76. The number of nitrogens with zero attached hydrogens (tertiary/aromatic N) is 2. The topological polar surface area (TPSA) is 47.0 Å². The summed E-state index contributed by atoms with van der Waals surface area (Å²) in [7, 11) is 1.64. The molecule has 0 radical (unpaired) electrons. The van der Waals surface area contributed by atoms with E-state index in [0.29, 0.717) is 6.04 Å². The average Bonchev–Trinajstić information content (AvgIpc) is 2.46. The minimum atomic E-state index is 0.240. The Morgan fingerprint density at radius 1 is 1.25 bits per heavy atom. The summed E-state index contributed by atoms with van der Waals surface area (Å²) >= 11 is 6.00. The first-order valence-corrected chi connectivity index (χ1v) is 6.95. The number of anilines is 1. The fourth-order valence-electron chi connectivity index (χ4n) is 1.76. The maximum Gasteiger partial charge on any atom is 0.224 e. The number of rotatable bonds is 5. The second-order valence-electron chi connectivity index (χ2n) is 4.59. The van der Waals surface area contributed by atoms with Crippen molar-refractivity contribution in [2.24, 2.45) is 0 Å². The third-order valence-electron chi connectivity index (χ3n) is 3.09. The Labute approximate surface area is 124 Å². The van der Waals surface area contributed by atoms with Crippen LogP contribution in [0.1, 0.15) is 20.3 Å². The van der Waals surface area contributed by atoms with Crippen LogP contribution in [0.4, 0.5) is 5.82 Å². The molecule has 0 bridgehead atoms. The molecule has 0 aliphatic rings. The van der Waals surface area contributed by atoms with E-state index in [-0.39, 0.29) is 5.28 Å². The molecule has 2 aromatic rings. The Bertz CT molecular complexity index is 572. The number of ether oxygens (including phenoxy) is 1. The molecule has 0 saturated heterocycles. The van der Waals surface area contributed by atoms with Crippen LogP contribution in [0.15, 0.2) is 30.3 Å². The minimum absolute atomic E-state index is 0.240. The first kappa shape index (κ1) is 14.6. The smallest absolute Gasteiger partial charge is 0.224 e. The molecule has 1 heterocycles. The Morgan fingerprint density at radius 2 is 1.95 bits per heavy atom. The highest BCUT2D eigenvalue weighted by Gasteiger charge is 2.07. The number of hydrogen-bond acceptors (Lipinski definition) is 4. The van der Waals surface area contributed by atoms with E-state index in [9.17, 15) is 0 Å². The van der Waals surface area contributed by atoms with Gasteiger partial charge in [-0.3, -0.25) is 0 Å². The lowest BCUT2D eigenvalue weighted by atomic mass is 10.1. The van der Waals surface area contributed by atoms with Gasteiger partial charge in [0.15, 0.2) is 0 Å². The van der Waals surface area contributed by atoms with Crippen molar-refractivity contribution in [1.29, 1.82) is 0 Å². The number of hydrogen-bond donors (Lipinski definition) is 1. The summed E-state index contributed by atoms with van der Waals surface area (Å²) in [6, 6.07) is 9.93. The fourth-order valence-corrected chi connectivity index (χ4v) is 1.94. The molecule has 0 amide bonds. The van der Waals surface area contributed by atoms with Crippen molar-refractivity contribution in [2.45, 2.75) is 26.3 Å². The Morgan fingerprint density at radius 3 is 2.55 bits per heavy atom. The molecule has 1 aromatic heterocycles. The highest BCUT2D eigenvalue weighted by Crippen LogP contribution is 2.24. The predicted octanol–water partition coefficient (Wildman–Crippen LogP) is 4.02. The number of aromatic nitrogens is 2. The summed E-state index contributed by atoms with van der Waals surface area (Å²) in [6.07, 6.45) is 1.01. The third kappa shape index (κ3) is 3.61. The van der Waals surface area contributed by atoms with E-state index in [0.717, 1.165) is 29.2 Å². The summed E-state index contributed by atoms with van der Waals surface area (Å²) < 4.78 is 5.15. The monoisotopic (exact) mass is 291 g/mol. The molecule has 1 unspecified atom stereocenters. The number of methoxy groups -OCH3 is 1. The second-order valence-corrected chi connectivity index (χ2v) is 4.93. The summed E-state index contributed by atoms with van der Waals surface area (Å²) in [6.45, 7) is 4.22. The van der Waals surface area contributed by atoms with Gasteiger partial charge in [-0.15, -0.1) is 0 Å². The van der Waals surface area contributed by atoms with Gasteiger partial charge >= 0.3 is 0 Å². The molecule has 0 fully saturated rings. The molecule has 0 aliphatic heterocycles. The molecule has 5 heteroatoms. The standard InChI is InChI=1S/C15H18ClN3O/c1-4-10(2)17-14-9-13(18-15(16)19-14)11-5-7-12(20-3)8-6-11/h5-10H,4H2,1-3H3,(H,17,18,19). The zero-order valence-electron chi connectivity index (χ0n) is 11.9. The molecule has 2 rings (SSSR count). The van der Waals surface area contributed by atoms with E-state index in [2.05, 4.69) is 29.1 Å². The van der Waals surface area contributed by atoms with Gasteiger partial charge in [-0.05, 0) is 49.2 Å². The van der Waals surface area contributed by atoms with Crippen molar-refractivity contribution in [3.63, 3.8) is 0 Å². The average molecular weight is 292 g/mol. The van der Waals surface area contributed by atoms with E-state index < -0.39 is 0 Å². The van der Waals surface area contributed by atoms with Crippen LogP contribution in [0.2, 0.25) is 5.28 Å². The Balaban J connectivity index is 2.30. The van der Waals surface area contributed by atoms with Crippen LogP contribution in [0.5, 0.6) is 5.75 Å². The molecular weight excluding hydrogens is 274 g/mol. The summed E-state index contributed by atoms with van der Waals surface area (Å²) in [5, 5.41) is 3.54. The van der Waals surface area contributed by atoms with Gasteiger partial charge in [-0.2, -0.15) is 0 Å². The van der Waals surface area contributed by atoms with Gasteiger partial charge in [-0.25, -0.2) is 9.97 Å². The molecular formula is C15H18ClN3O. The van der Waals surface area contributed by atoms with Crippen LogP contribution in [0.25, 0.3) is 11.3 Å². The quantitative estimate of drug-likeness (QED) is 0.845. The largest absolute Gasteiger partial charge is 0.497 e. The number of benzene rings is 1. The molecule has 0 aliphatic carbocycles. The molecule has 4 nitrogen and oxygen atoms in total. The highest BCUT2D eigenvalue weighted by molar-refractivity contribution is 6.28. The van der Waals surface area contributed by atoms with Crippen LogP contribution in [0, 0.1) is 0 Å². The van der Waals surface area contributed by atoms with Crippen molar-refractivity contribution in [3.8, 4) is 17.0 Å². The van der Waals surface area contributed by atoms with Crippen LogP contribution < -0.4 is 10.1 Å². The normalized spacial score (nSPS) is 12.0. The van der Waals surface area contributed by atoms with Gasteiger partial charge in [0.25, 0.3) is 0 Å². The van der Waals surface area contributed by atoms with E-state index >= 15 is 0 Å². The summed E-state index contributed by atoms with van der Waals surface area (Å²) in [5.74, 6) is 1.55. The molecule has 106 valence electrons. The van der Waals surface area contributed by atoms with E-state index in [4.69, 9.17) is 16.3 Å². The van der Waals surface area contributed by atoms with Gasteiger partial charge in [0.1, 0.15) is 11.6 Å². The number of halogens is 1. The zero-order chi connectivity index (χ0) is 14.5. The van der Waals surface area contributed by atoms with E-state index in [1.807, 2.05) is 30.3 Å². The van der Waals surface area contributed by atoms with Gasteiger partial charge in [0.05, 0.1) is 12.8 Å². The molecule has 20 heavy (non-hydrogen) atoms. The van der Waals surface area contributed by atoms with E-state index in [1.165, 1.54) is 0 Å². The van der Waals surface area contributed by atoms with Gasteiger partial charge in [0, 0.05) is 17.7 Å². The first-order valence-electron chi connectivity index (χ1n) is 6.58. The van der Waals surface area contributed by atoms with E-state index in [1.54, 1.807) is 7.11 Å². The predicted molar refractivity (Wildman–Crippen MR) is 82.4 cm³/mol. The molecule has 0 spiro atoms. The van der Waals surface area contributed by atoms with Gasteiger partial charge in [-0.1, -0.05) is 6.92 Å².